The summed E-state index contributed by atoms with van der Waals surface area (Å²) in [6, 6.07) is 0.299. The third-order valence-electron chi connectivity index (χ3n) is 2.60. The Morgan fingerprint density at radius 3 is 3.07 bits per heavy atom. The molecule has 14 heavy (non-hydrogen) atoms. The first kappa shape index (κ1) is 11.3. The Bertz CT molecular complexity index is 183. The Kier molecular flexibility index (Phi) is 4.73. The van der Waals surface area contributed by atoms with Crippen LogP contribution in [0.2, 0.25) is 0 Å². The SMILES string of the molecule is CCCCN1C(=O)OCCC1CCN. The lowest BCUT2D eigenvalue weighted by atomic mass is 10.1. The predicted molar refractivity (Wildman–Crippen MR) is 55.0 cm³/mol. The summed E-state index contributed by atoms with van der Waals surface area (Å²) in [5.41, 5.74) is 5.52. The number of unbranched alkanes of at least 4 members (excludes halogenated alkanes) is 1. The fourth-order valence-corrected chi connectivity index (χ4v) is 1.76. The molecule has 0 spiro atoms. The van der Waals surface area contributed by atoms with Gasteiger partial charge in [0.1, 0.15) is 0 Å². The molecule has 1 saturated heterocycles. The molecule has 82 valence electrons. The van der Waals surface area contributed by atoms with E-state index in [1.165, 1.54) is 0 Å². The Morgan fingerprint density at radius 1 is 1.64 bits per heavy atom. The second kappa shape index (κ2) is 5.86. The van der Waals surface area contributed by atoms with Crippen LogP contribution in [-0.4, -0.2) is 36.7 Å². The highest BCUT2D eigenvalue weighted by atomic mass is 16.6. The largest absolute Gasteiger partial charge is 0.449 e. The molecule has 0 radical (unpaired) electrons. The van der Waals surface area contributed by atoms with Gasteiger partial charge in [-0.05, 0) is 19.4 Å². The quantitative estimate of drug-likeness (QED) is 0.728. The maximum atomic E-state index is 11.4. The molecule has 0 bridgehead atoms. The van der Waals surface area contributed by atoms with Gasteiger partial charge in [0, 0.05) is 19.0 Å². The number of carbonyl (C=O) groups excluding carboxylic acids is 1. The molecule has 1 aliphatic heterocycles. The van der Waals surface area contributed by atoms with Crippen molar-refractivity contribution in [3.8, 4) is 0 Å². The Labute approximate surface area is 85.4 Å². The first-order chi connectivity index (χ1) is 6.79. The van der Waals surface area contributed by atoms with Crippen LogP contribution in [-0.2, 0) is 4.74 Å². The fourth-order valence-electron chi connectivity index (χ4n) is 1.76. The normalized spacial score (nSPS) is 22.3. The molecule has 1 amide bonds. The van der Waals surface area contributed by atoms with Gasteiger partial charge in [0.25, 0.3) is 0 Å². The van der Waals surface area contributed by atoms with Gasteiger partial charge in [0.15, 0.2) is 0 Å². The molecule has 0 saturated carbocycles. The van der Waals surface area contributed by atoms with Crippen molar-refractivity contribution in [3.63, 3.8) is 0 Å². The molecule has 4 heteroatoms. The Morgan fingerprint density at radius 2 is 2.43 bits per heavy atom. The van der Waals surface area contributed by atoms with E-state index in [1.54, 1.807) is 0 Å². The van der Waals surface area contributed by atoms with E-state index in [-0.39, 0.29) is 6.09 Å². The van der Waals surface area contributed by atoms with Crippen LogP contribution in [0.5, 0.6) is 0 Å². The molecule has 0 aliphatic carbocycles. The summed E-state index contributed by atoms with van der Waals surface area (Å²) in [4.78, 5) is 13.3. The molecule has 1 unspecified atom stereocenters. The average molecular weight is 200 g/mol. The summed E-state index contributed by atoms with van der Waals surface area (Å²) in [7, 11) is 0. The van der Waals surface area contributed by atoms with Gasteiger partial charge in [0.2, 0.25) is 0 Å². The zero-order valence-electron chi connectivity index (χ0n) is 8.87. The minimum absolute atomic E-state index is 0.164. The average Bonchev–Trinajstić information content (AvgIpc) is 2.18. The Balaban J connectivity index is 2.47. The lowest BCUT2D eigenvalue weighted by Gasteiger charge is -2.34. The van der Waals surface area contributed by atoms with E-state index < -0.39 is 0 Å². The molecule has 0 aromatic heterocycles. The number of carbonyl (C=O) groups is 1. The molecule has 1 aliphatic rings. The van der Waals surface area contributed by atoms with Gasteiger partial charge in [0.05, 0.1) is 6.61 Å². The summed E-state index contributed by atoms with van der Waals surface area (Å²) in [5.74, 6) is 0. The molecule has 4 nitrogen and oxygen atoms in total. The van der Waals surface area contributed by atoms with Crippen LogP contribution in [0.25, 0.3) is 0 Å². The minimum Gasteiger partial charge on any atom is -0.449 e. The van der Waals surface area contributed by atoms with Gasteiger partial charge in [-0.25, -0.2) is 4.79 Å². The van der Waals surface area contributed by atoms with E-state index in [0.29, 0.717) is 19.2 Å². The van der Waals surface area contributed by atoms with Gasteiger partial charge < -0.3 is 15.4 Å². The third-order valence-corrected chi connectivity index (χ3v) is 2.60. The van der Waals surface area contributed by atoms with E-state index in [1.807, 2.05) is 4.90 Å². The minimum atomic E-state index is -0.164. The van der Waals surface area contributed by atoms with Crippen LogP contribution >= 0.6 is 0 Å². The fraction of sp³-hybridized carbons (Fsp3) is 0.900. The van der Waals surface area contributed by atoms with Crippen LogP contribution in [0.15, 0.2) is 0 Å². The van der Waals surface area contributed by atoms with E-state index in [4.69, 9.17) is 10.5 Å². The summed E-state index contributed by atoms with van der Waals surface area (Å²) >= 11 is 0. The van der Waals surface area contributed by atoms with Gasteiger partial charge in [-0.2, -0.15) is 0 Å². The summed E-state index contributed by atoms with van der Waals surface area (Å²) in [6.07, 6.45) is 3.78. The predicted octanol–water partition coefficient (Wildman–Crippen LogP) is 1.35. The van der Waals surface area contributed by atoms with Crippen molar-refractivity contribution >= 4 is 6.09 Å². The van der Waals surface area contributed by atoms with Crippen LogP contribution in [0.1, 0.15) is 32.6 Å². The van der Waals surface area contributed by atoms with E-state index in [2.05, 4.69) is 6.92 Å². The molecule has 1 fully saturated rings. The van der Waals surface area contributed by atoms with Gasteiger partial charge in [-0.3, -0.25) is 0 Å². The number of nitrogens with two attached hydrogens (primary N) is 1. The number of ether oxygens (including phenoxy) is 1. The monoisotopic (exact) mass is 200 g/mol. The third kappa shape index (κ3) is 2.87. The highest BCUT2D eigenvalue weighted by Crippen LogP contribution is 2.16. The van der Waals surface area contributed by atoms with E-state index in [0.717, 1.165) is 32.2 Å². The first-order valence-corrected chi connectivity index (χ1v) is 5.43. The van der Waals surface area contributed by atoms with Crippen molar-refractivity contribution in [2.24, 2.45) is 5.73 Å². The van der Waals surface area contributed by atoms with Crippen molar-refractivity contribution in [1.29, 1.82) is 0 Å². The van der Waals surface area contributed by atoms with Gasteiger partial charge >= 0.3 is 6.09 Å². The number of nitrogens with zero attached hydrogens (tertiary/aromatic N) is 1. The van der Waals surface area contributed by atoms with Crippen molar-refractivity contribution in [1.82, 2.24) is 4.90 Å². The molecule has 1 heterocycles. The smallest absolute Gasteiger partial charge is 0.410 e. The first-order valence-electron chi connectivity index (χ1n) is 5.43. The van der Waals surface area contributed by atoms with Crippen molar-refractivity contribution in [3.05, 3.63) is 0 Å². The van der Waals surface area contributed by atoms with Crippen LogP contribution in [0.3, 0.4) is 0 Å². The lowest BCUT2D eigenvalue weighted by Crippen LogP contribution is -2.46. The van der Waals surface area contributed by atoms with Crippen molar-refractivity contribution in [2.75, 3.05) is 19.7 Å². The van der Waals surface area contributed by atoms with Gasteiger partial charge in [-0.1, -0.05) is 13.3 Å². The summed E-state index contributed by atoms with van der Waals surface area (Å²) in [5, 5.41) is 0. The summed E-state index contributed by atoms with van der Waals surface area (Å²) < 4.78 is 5.01. The van der Waals surface area contributed by atoms with Crippen LogP contribution < -0.4 is 5.73 Å². The molecule has 0 aromatic rings. The maximum absolute atomic E-state index is 11.4. The van der Waals surface area contributed by atoms with Crippen LogP contribution in [0.4, 0.5) is 4.79 Å². The molecule has 1 atom stereocenters. The van der Waals surface area contributed by atoms with E-state index in [9.17, 15) is 4.79 Å². The molecular formula is C10H20N2O2. The molecular weight excluding hydrogens is 180 g/mol. The second-order valence-corrected chi connectivity index (χ2v) is 3.68. The topological polar surface area (TPSA) is 55.6 Å². The maximum Gasteiger partial charge on any atom is 0.410 e. The van der Waals surface area contributed by atoms with E-state index >= 15 is 0 Å². The lowest BCUT2D eigenvalue weighted by molar-refractivity contribution is 0.0419. The number of hydrogen-bond acceptors (Lipinski definition) is 3. The zero-order chi connectivity index (χ0) is 10.4. The molecule has 0 aromatic carbocycles. The van der Waals surface area contributed by atoms with Crippen molar-refractivity contribution < 1.29 is 9.53 Å². The number of cyclic esters (lactones) is 1. The highest BCUT2D eigenvalue weighted by molar-refractivity contribution is 5.68. The Hall–Kier alpha value is -0.770. The zero-order valence-corrected chi connectivity index (χ0v) is 8.87. The number of rotatable bonds is 5. The van der Waals surface area contributed by atoms with Crippen LogP contribution in [0, 0.1) is 0 Å². The van der Waals surface area contributed by atoms with Crippen molar-refractivity contribution in [2.45, 2.75) is 38.6 Å². The summed E-state index contributed by atoms with van der Waals surface area (Å²) in [6.45, 7) is 4.11. The molecule has 1 rings (SSSR count). The standard InChI is InChI=1S/C10H20N2O2/c1-2-3-7-12-9(4-6-11)5-8-14-10(12)13/h9H,2-8,11H2,1H3. The highest BCUT2D eigenvalue weighted by Gasteiger charge is 2.27. The molecule has 2 N–H and O–H groups in total. The van der Waals surface area contributed by atoms with Gasteiger partial charge in [-0.15, -0.1) is 0 Å². The second-order valence-electron chi connectivity index (χ2n) is 3.68. The number of amides is 1. The number of hydrogen-bond donors (Lipinski definition) is 1.